The van der Waals surface area contributed by atoms with Crippen LogP contribution in [-0.4, -0.2) is 10.1 Å². The summed E-state index contributed by atoms with van der Waals surface area (Å²) in [5, 5.41) is 10.8. The van der Waals surface area contributed by atoms with Crippen molar-refractivity contribution in [2.75, 3.05) is 0 Å². The number of aromatic hydroxyl groups is 1. The molecule has 0 aliphatic rings. The molecule has 0 atom stereocenters. The number of aromatic nitrogens is 1. The summed E-state index contributed by atoms with van der Waals surface area (Å²) in [7, 11) is 0. The van der Waals surface area contributed by atoms with E-state index in [1.165, 1.54) is 5.56 Å². The lowest BCUT2D eigenvalue weighted by Gasteiger charge is -2.00. The average Bonchev–Trinajstić information content (AvgIpc) is 2.74. The number of phenolic OH excluding ortho intramolecular Hbond substituents is 1. The fraction of sp³-hybridized carbons (Fsp3) is 0.0714. The molecule has 18 heavy (non-hydrogen) atoms. The second-order valence-electron chi connectivity index (χ2n) is 4.15. The highest BCUT2D eigenvalue weighted by Crippen LogP contribution is 2.36. The number of fused-ring (bicyclic) bond motifs is 1. The quantitative estimate of drug-likeness (QED) is 0.639. The number of rotatable bonds is 1. The van der Waals surface area contributed by atoms with Crippen LogP contribution in [0.1, 0.15) is 5.56 Å². The molecule has 0 saturated carbocycles. The van der Waals surface area contributed by atoms with E-state index in [0.29, 0.717) is 0 Å². The first kappa shape index (κ1) is 11.9. The van der Waals surface area contributed by atoms with E-state index in [-0.39, 0.29) is 5.75 Å². The Bertz CT molecular complexity index is 736. The summed E-state index contributed by atoms with van der Waals surface area (Å²) in [5.74, 6) is 0.284. The Hall–Kier alpha value is -1.14. The summed E-state index contributed by atoms with van der Waals surface area (Å²) in [6.07, 6.45) is 0. The molecule has 0 bridgehead atoms. The lowest BCUT2D eigenvalue weighted by Crippen LogP contribution is -1.79. The van der Waals surface area contributed by atoms with Gasteiger partial charge in [-0.15, -0.1) is 11.3 Å². The van der Waals surface area contributed by atoms with Gasteiger partial charge in [-0.3, -0.25) is 0 Å². The van der Waals surface area contributed by atoms with Crippen LogP contribution in [0, 0.1) is 10.5 Å². The van der Waals surface area contributed by atoms with Crippen molar-refractivity contribution in [3.8, 4) is 16.3 Å². The topological polar surface area (TPSA) is 33.1 Å². The van der Waals surface area contributed by atoms with Gasteiger partial charge in [-0.2, -0.15) is 0 Å². The van der Waals surface area contributed by atoms with Gasteiger partial charge in [-0.1, -0.05) is 6.07 Å². The monoisotopic (exact) mass is 367 g/mol. The van der Waals surface area contributed by atoms with Crippen LogP contribution in [0.3, 0.4) is 0 Å². The Kier molecular flexibility index (Phi) is 2.99. The van der Waals surface area contributed by atoms with Gasteiger partial charge in [-0.05, 0) is 65.4 Å². The van der Waals surface area contributed by atoms with E-state index >= 15 is 0 Å². The Morgan fingerprint density at radius 3 is 2.83 bits per heavy atom. The van der Waals surface area contributed by atoms with E-state index in [9.17, 15) is 5.11 Å². The molecule has 1 aromatic heterocycles. The van der Waals surface area contributed by atoms with Gasteiger partial charge in [0, 0.05) is 3.57 Å². The molecular formula is C14H10INOS. The van der Waals surface area contributed by atoms with Crippen molar-refractivity contribution in [2.45, 2.75) is 6.92 Å². The van der Waals surface area contributed by atoms with Crippen molar-refractivity contribution in [1.29, 1.82) is 0 Å². The zero-order valence-electron chi connectivity index (χ0n) is 9.64. The Morgan fingerprint density at radius 1 is 1.17 bits per heavy atom. The molecule has 3 rings (SSSR count). The normalized spacial score (nSPS) is 11.0. The molecule has 0 fully saturated rings. The first-order valence-electron chi connectivity index (χ1n) is 5.49. The lowest BCUT2D eigenvalue weighted by molar-refractivity contribution is 0.477. The van der Waals surface area contributed by atoms with E-state index in [0.717, 1.165) is 24.4 Å². The molecule has 0 radical (unpaired) electrons. The molecule has 0 aliphatic carbocycles. The maximum Gasteiger partial charge on any atom is 0.128 e. The summed E-state index contributed by atoms with van der Waals surface area (Å²) >= 11 is 3.85. The first-order valence-corrected chi connectivity index (χ1v) is 7.39. The minimum absolute atomic E-state index is 0.284. The molecule has 2 aromatic carbocycles. The fourth-order valence-electron chi connectivity index (χ4n) is 1.83. The molecule has 2 nitrogen and oxygen atoms in total. The predicted molar refractivity (Wildman–Crippen MR) is 84.2 cm³/mol. The van der Waals surface area contributed by atoms with Gasteiger partial charge in [0.25, 0.3) is 0 Å². The molecule has 0 aliphatic heterocycles. The fourth-order valence-corrected chi connectivity index (χ4v) is 3.29. The standard InChI is InChI=1S/C14H10INOS/c1-8-2-5-13-11(6-8)16-14(18-13)10-7-9(15)3-4-12(10)17/h2-7,17H,1H3. The highest BCUT2D eigenvalue weighted by atomic mass is 127. The zero-order chi connectivity index (χ0) is 12.7. The summed E-state index contributed by atoms with van der Waals surface area (Å²) in [6.45, 7) is 2.06. The smallest absolute Gasteiger partial charge is 0.128 e. The molecule has 0 amide bonds. The van der Waals surface area contributed by atoms with E-state index in [4.69, 9.17) is 0 Å². The molecule has 90 valence electrons. The minimum Gasteiger partial charge on any atom is -0.507 e. The molecule has 0 unspecified atom stereocenters. The first-order chi connectivity index (χ1) is 8.63. The number of nitrogens with zero attached hydrogens (tertiary/aromatic N) is 1. The molecular weight excluding hydrogens is 357 g/mol. The van der Waals surface area contributed by atoms with Crippen molar-refractivity contribution in [3.05, 3.63) is 45.5 Å². The third-order valence-corrected chi connectivity index (χ3v) is 4.47. The van der Waals surface area contributed by atoms with Crippen LogP contribution < -0.4 is 0 Å². The summed E-state index contributed by atoms with van der Waals surface area (Å²) in [4.78, 5) is 4.60. The third-order valence-electron chi connectivity index (χ3n) is 2.73. The van der Waals surface area contributed by atoms with Crippen LogP contribution in [0.2, 0.25) is 0 Å². The zero-order valence-corrected chi connectivity index (χ0v) is 12.6. The van der Waals surface area contributed by atoms with Crippen molar-refractivity contribution in [3.63, 3.8) is 0 Å². The number of hydrogen-bond donors (Lipinski definition) is 1. The Balaban J connectivity index is 2.22. The van der Waals surface area contributed by atoms with Crippen LogP contribution in [-0.2, 0) is 0 Å². The molecule has 0 saturated heterocycles. The summed E-state index contributed by atoms with van der Waals surface area (Å²) < 4.78 is 2.24. The number of benzene rings is 2. The third kappa shape index (κ3) is 2.10. The lowest BCUT2D eigenvalue weighted by atomic mass is 10.2. The second-order valence-corrected chi connectivity index (χ2v) is 6.43. The van der Waals surface area contributed by atoms with Gasteiger partial charge < -0.3 is 5.11 Å². The molecule has 3 aromatic rings. The molecule has 1 N–H and O–H groups in total. The van der Waals surface area contributed by atoms with E-state index in [1.807, 2.05) is 12.1 Å². The summed E-state index contributed by atoms with van der Waals surface area (Å²) in [6, 6.07) is 11.8. The highest BCUT2D eigenvalue weighted by Gasteiger charge is 2.10. The maximum absolute atomic E-state index is 9.93. The van der Waals surface area contributed by atoms with Crippen LogP contribution in [0.25, 0.3) is 20.8 Å². The van der Waals surface area contributed by atoms with Crippen LogP contribution in [0.4, 0.5) is 0 Å². The van der Waals surface area contributed by atoms with Crippen molar-refractivity contribution >= 4 is 44.1 Å². The van der Waals surface area contributed by atoms with Gasteiger partial charge >= 0.3 is 0 Å². The van der Waals surface area contributed by atoms with Crippen LogP contribution >= 0.6 is 33.9 Å². The number of halogens is 1. The van der Waals surface area contributed by atoms with Crippen molar-refractivity contribution in [1.82, 2.24) is 4.98 Å². The van der Waals surface area contributed by atoms with Gasteiger partial charge in [0.2, 0.25) is 0 Å². The van der Waals surface area contributed by atoms with E-state index in [2.05, 4.69) is 52.7 Å². The largest absolute Gasteiger partial charge is 0.507 e. The SMILES string of the molecule is Cc1ccc2sc(-c3cc(I)ccc3O)nc2c1. The second kappa shape index (κ2) is 4.51. The number of aryl methyl sites for hydroxylation is 1. The predicted octanol–water partition coefficient (Wildman–Crippen LogP) is 4.58. The highest BCUT2D eigenvalue weighted by molar-refractivity contribution is 14.1. The maximum atomic E-state index is 9.93. The minimum atomic E-state index is 0.284. The number of hydrogen-bond acceptors (Lipinski definition) is 3. The average molecular weight is 367 g/mol. The molecule has 1 heterocycles. The van der Waals surface area contributed by atoms with Crippen LogP contribution in [0.5, 0.6) is 5.75 Å². The molecule has 0 spiro atoms. The van der Waals surface area contributed by atoms with E-state index in [1.54, 1.807) is 17.4 Å². The number of phenols is 1. The van der Waals surface area contributed by atoms with Crippen molar-refractivity contribution in [2.24, 2.45) is 0 Å². The molecule has 4 heteroatoms. The van der Waals surface area contributed by atoms with Gasteiger partial charge in [0.05, 0.1) is 15.8 Å². The van der Waals surface area contributed by atoms with Gasteiger partial charge in [0.1, 0.15) is 10.8 Å². The van der Waals surface area contributed by atoms with Crippen molar-refractivity contribution < 1.29 is 5.11 Å². The van der Waals surface area contributed by atoms with Gasteiger partial charge in [-0.25, -0.2) is 4.98 Å². The Morgan fingerprint density at radius 2 is 2.00 bits per heavy atom. The summed E-state index contributed by atoms with van der Waals surface area (Å²) in [5.41, 5.74) is 3.00. The van der Waals surface area contributed by atoms with Gasteiger partial charge in [0.15, 0.2) is 0 Å². The van der Waals surface area contributed by atoms with E-state index < -0.39 is 0 Å². The van der Waals surface area contributed by atoms with Crippen LogP contribution in [0.15, 0.2) is 36.4 Å². The number of thiazole rings is 1. The Labute approximate surface area is 122 Å².